The predicted molar refractivity (Wildman–Crippen MR) is 126 cm³/mol. The Morgan fingerprint density at radius 1 is 1.03 bits per heavy atom. The van der Waals surface area contributed by atoms with Crippen molar-refractivity contribution in [2.45, 2.75) is 38.4 Å². The molecule has 1 unspecified atom stereocenters. The van der Waals surface area contributed by atoms with Gasteiger partial charge in [-0.2, -0.15) is 0 Å². The Bertz CT molecular complexity index is 910. The number of fused-ring (bicyclic) bond motifs is 1. The fourth-order valence-electron chi connectivity index (χ4n) is 4.76. The molecule has 1 saturated heterocycles. The minimum absolute atomic E-state index is 0.0597. The molecule has 4 rings (SSSR count). The van der Waals surface area contributed by atoms with Gasteiger partial charge in [0, 0.05) is 49.9 Å². The SMILES string of the molecule is COc1cc2c(cc1OC)C(CCN1CCN(c3cccc(Cl)c3)CC1)OC(C)(C)C2. The normalized spacial score (nSPS) is 20.9. The fourth-order valence-corrected chi connectivity index (χ4v) is 4.94. The van der Waals surface area contributed by atoms with Crippen molar-refractivity contribution in [2.75, 3.05) is 51.8 Å². The molecule has 2 aromatic carbocycles. The van der Waals surface area contributed by atoms with Gasteiger partial charge in [-0.15, -0.1) is 0 Å². The number of hydrogen-bond acceptors (Lipinski definition) is 5. The highest BCUT2D eigenvalue weighted by atomic mass is 35.5. The molecule has 2 heterocycles. The monoisotopic (exact) mass is 444 g/mol. The van der Waals surface area contributed by atoms with Crippen LogP contribution in [0.25, 0.3) is 0 Å². The van der Waals surface area contributed by atoms with E-state index in [1.54, 1.807) is 14.2 Å². The topological polar surface area (TPSA) is 34.2 Å². The third-order valence-electron chi connectivity index (χ3n) is 6.32. The van der Waals surface area contributed by atoms with Crippen LogP contribution in [0.15, 0.2) is 36.4 Å². The van der Waals surface area contributed by atoms with Crippen LogP contribution < -0.4 is 14.4 Å². The Labute approximate surface area is 190 Å². The number of halogens is 1. The molecular weight excluding hydrogens is 412 g/mol. The number of rotatable bonds is 6. The average molecular weight is 445 g/mol. The third-order valence-corrected chi connectivity index (χ3v) is 6.56. The van der Waals surface area contributed by atoms with Crippen LogP contribution >= 0.6 is 11.6 Å². The zero-order chi connectivity index (χ0) is 22.0. The van der Waals surface area contributed by atoms with Crippen molar-refractivity contribution in [2.24, 2.45) is 0 Å². The lowest BCUT2D eigenvalue weighted by Crippen LogP contribution is -2.47. The molecule has 1 atom stereocenters. The minimum atomic E-state index is -0.192. The molecule has 0 bridgehead atoms. The molecule has 2 aliphatic heterocycles. The maximum atomic E-state index is 6.52. The summed E-state index contributed by atoms with van der Waals surface area (Å²) in [6.07, 6.45) is 1.89. The minimum Gasteiger partial charge on any atom is -0.493 e. The van der Waals surface area contributed by atoms with E-state index in [1.807, 2.05) is 18.2 Å². The number of ether oxygens (including phenoxy) is 3. The summed E-state index contributed by atoms with van der Waals surface area (Å²) in [5.74, 6) is 1.56. The second kappa shape index (κ2) is 9.27. The molecule has 2 aliphatic rings. The number of nitrogens with zero attached hydrogens (tertiary/aromatic N) is 2. The van der Waals surface area contributed by atoms with E-state index in [0.717, 1.165) is 62.1 Å². The van der Waals surface area contributed by atoms with Gasteiger partial charge in [0.15, 0.2) is 11.5 Å². The Morgan fingerprint density at radius 3 is 2.42 bits per heavy atom. The van der Waals surface area contributed by atoms with Gasteiger partial charge in [0.25, 0.3) is 0 Å². The quantitative estimate of drug-likeness (QED) is 0.628. The molecule has 0 saturated carbocycles. The molecule has 0 aromatic heterocycles. The van der Waals surface area contributed by atoms with Crippen LogP contribution in [0, 0.1) is 0 Å². The molecule has 5 nitrogen and oxygen atoms in total. The summed E-state index contributed by atoms with van der Waals surface area (Å²) < 4.78 is 17.6. The maximum Gasteiger partial charge on any atom is 0.161 e. The van der Waals surface area contributed by atoms with Crippen LogP contribution in [-0.2, 0) is 11.2 Å². The Morgan fingerprint density at radius 2 is 1.74 bits per heavy atom. The largest absolute Gasteiger partial charge is 0.493 e. The summed E-state index contributed by atoms with van der Waals surface area (Å²) in [5.41, 5.74) is 3.54. The molecule has 0 N–H and O–H groups in total. The number of hydrogen-bond donors (Lipinski definition) is 0. The molecule has 0 spiro atoms. The van der Waals surface area contributed by atoms with Crippen molar-refractivity contribution in [1.82, 2.24) is 4.90 Å². The standard InChI is InChI=1S/C25H33ClN2O3/c1-25(2)17-18-14-23(29-3)24(30-4)16-21(18)22(31-25)8-9-27-10-12-28(13-11-27)20-7-5-6-19(26)15-20/h5-7,14-16,22H,8-13,17H2,1-4H3. The summed E-state index contributed by atoms with van der Waals surface area (Å²) in [6.45, 7) is 9.46. The van der Waals surface area contributed by atoms with E-state index < -0.39 is 0 Å². The summed E-state index contributed by atoms with van der Waals surface area (Å²) in [4.78, 5) is 4.95. The zero-order valence-electron chi connectivity index (χ0n) is 19.0. The molecule has 31 heavy (non-hydrogen) atoms. The van der Waals surface area contributed by atoms with E-state index >= 15 is 0 Å². The van der Waals surface area contributed by atoms with Crippen molar-refractivity contribution in [3.63, 3.8) is 0 Å². The fraction of sp³-hybridized carbons (Fsp3) is 0.520. The first-order valence-electron chi connectivity index (χ1n) is 11.0. The number of piperazine rings is 1. The molecule has 2 aromatic rings. The van der Waals surface area contributed by atoms with Crippen molar-refractivity contribution in [3.05, 3.63) is 52.5 Å². The average Bonchev–Trinajstić information content (AvgIpc) is 2.76. The Kier molecular flexibility index (Phi) is 6.65. The van der Waals surface area contributed by atoms with E-state index in [0.29, 0.717) is 0 Å². The van der Waals surface area contributed by atoms with Gasteiger partial charge in [0.05, 0.1) is 25.9 Å². The van der Waals surface area contributed by atoms with Crippen molar-refractivity contribution in [3.8, 4) is 11.5 Å². The van der Waals surface area contributed by atoms with Crippen LogP contribution in [0.5, 0.6) is 11.5 Å². The van der Waals surface area contributed by atoms with Crippen molar-refractivity contribution >= 4 is 17.3 Å². The summed E-state index contributed by atoms with van der Waals surface area (Å²) in [5, 5.41) is 0.794. The van der Waals surface area contributed by atoms with Crippen LogP contribution in [0.4, 0.5) is 5.69 Å². The molecule has 0 aliphatic carbocycles. The van der Waals surface area contributed by atoms with Crippen LogP contribution in [0.3, 0.4) is 0 Å². The lowest BCUT2D eigenvalue weighted by molar-refractivity contribution is -0.0903. The number of anilines is 1. The lowest BCUT2D eigenvalue weighted by atomic mass is 9.87. The first kappa shape index (κ1) is 22.3. The molecule has 0 radical (unpaired) electrons. The van der Waals surface area contributed by atoms with Gasteiger partial charge in [-0.3, -0.25) is 4.90 Å². The molecular formula is C25H33ClN2O3. The van der Waals surface area contributed by atoms with Gasteiger partial charge in [0.2, 0.25) is 0 Å². The smallest absolute Gasteiger partial charge is 0.161 e. The zero-order valence-corrected chi connectivity index (χ0v) is 19.7. The van der Waals surface area contributed by atoms with E-state index in [2.05, 4.69) is 41.8 Å². The lowest BCUT2D eigenvalue weighted by Gasteiger charge is -2.40. The maximum absolute atomic E-state index is 6.52. The van der Waals surface area contributed by atoms with Crippen LogP contribution in [0.1, 0.15) is 37.5 Å². The van der Waals surface area contributed by atoms with Crippen LogP contribution in [0.2, 0.25) is 5.02 Å². The van der Waals surface area contributed by atoms with Gasteiger partial charge in [-0.05, 0) is 61.7 Å². The van der Waals surface area contributed by atoms with Crippen molar-refractivity contribution < 1.29 is 14.2 Å². The first-order valence-corrected chi connectivity index (χ1v) is 11.4. The molecule has 6 heteroatoms. The second-order valence-electron chi connectivity index (χ2n) is 9.05. The highest BCUT2D eigenvalue weighted by Gasteiger charge is 2.34. The first-order chi connectivity index (χ1) is 14.9. The summed E-state index contributed by atoms with van der Waals surface area (Å²) in [6, 6.07) is 12.4. The van der Waals surface area contributed by atoms with E-state index in [1.165, 1.54) is 16.8 Å². The third kappa shape index (κ3) is 5.11. The molecule has 1 fully saturated rings. The van der Waals surface area contributed by atoms with E-state index in [-0.39, 0.29) is 11.7 Å². The van der Waals surface area contributed by atoms with Crippen molar-refractivity contribution in [1.29, 1.82) is 0 Å². The summed E-state index contributed by atoms with van der Waals surface area (Å²) >= 11 is 6.17. The highest BCUT2D eigenvalue weighted by Crippen LogP contribution is 2.42. The molecule has 168 valence electrons. The number of benzene rings is 2. The van der Waals surface area contributed by atoms with Gasteiger partial charge >= 0.3 is 0 Å². The van der Waals surface area contributed by atoms with Gasteiger partial charge < -0.3 is 19.1 Å². The van der Waals surface area contributed by atoms with Gasteiger partial charge in [-0.25, -0.2) is 0 Å². The van der Waals surface area contributed by atoms with Gasteiger partial charge in [0.1, 0.15) is 0 Å². The van der Waals surface area contributed by atoms with E-state index in [9.17, 15) is 0 Å². The summed E-state index contributed by atoms with van der Waals surface area (Å²) in [7, 11) is 3.38. The Hall–Kier alpha value is -1.95. The highest BCUT2D eigenvalue weighted by molar-refractivity contribution is 6.30. The second-order valence-corrected chi connectivity index (χ2v) is 9.48. The van der Waals surface area contributed by atoms with E-state index in [4.69, 9.17) is 25.8 Å². The van der Waals surface area contributed by atoms with Gasteiger partial charge in [-0.1, -0.05) is 17.7 Å². The number of methoxy groups -OCH3 is 2. The Balaban J connectivity index is 1.41. The van der Waals surface area contributed by atoms with Crippen LogP contribution in [-0.4, -0.2) is 57.4 Å². The molecule has 0 amide bonds. The predicted octanol–water partition coefficient (Wildman–Crippen LogP) is 4.96.